The molecule has 0 saturated carbocycles. The molecule has 1 saturated heterocycles. The highest BCUT2D eigenvalue weighted by atomic mass is 79.9. The number of carboxylic acids is 1. The fraction of sp³-hybridized carbons (Fsp3) is 0.429. The lowest BCUT2D eigenvalue weighted by Gasteiger charge is -2.31. The van der Waals surface area contributed by atoms with Crippen molar-refractivity contribution in [2.24, 2.45) is 5.92 Å². The first kappa shape index (κ1) is 16.3. The minimum Gasteiger partial charge on any atom is -0.481 e. The number of urea groups is 1. The van der Waals surface area contributed by atoms with Crippen LogP contribution < -0.4 is 5.32 Å². The summed E-state index contributed by atoms with van der Waals surface area (Å²) < 4.78 is 1.62. The Hall–Kier alpha value is -1.08. The van der Waals surface area contributed by atoms with Crippen LogP contribution in [-0.4, -0.2) is 35.1 Å². The van der Waals surface area contributed by atoms with Crippen LogP contribution in [0.4, 0.5) is 10.5 Å². The van der Waals surface area contributed by atoms with E-state index in [-0.39, 0.29) is 18.4 Å². The summed E-state index contributed by atoms with van der Waals surface area (Å²) in [5.74, 6) is -0.600. The number of halogens is 2. The Bertz CT molecular complexity index is 523. The Labute approximate surface area is 140 Å². The molecular weight excluding hydrogens is 404 g/mol. The smallest absolute Gasteiger partial charge is 0.321 e. The Morgan fingerprint density at radius 3 is 2.33 bits per heavy atom. The van der Waals surface area contributed by atoms with Crippen LogP contribution in [0, 0.1) is 5.92 Å². The zero-order chi connectivity index (χ0) is 15.4. The van der Waals surface area contributed by atoms with Gasteiger partial charge in [-0.2, -0.15) is 0 Å². The number of piperidine rings is 1. The van der Waals surface area contributed by atoms with Gasteiger partial charge >= 0.3 is 12.0 Å². The van der Waals surface area contributed by atoms with Crippen molar-refractivity contribution in [1.29, 1.82) is 0 Å². The predicted molar refractivity (Wildman–Crippen MR) is 87.4 cm³/mol. The number of hydrogen-bond donors (Lipinski definition) is 2. The normalized spacial score (nSPS) is 15.8. The number of carboxylic acid groups (broad SMARTS) is 1. The van der Waals surface area contributed by atoms with Crippen molar-refractivity contribution < 1.29 is 14.7 Å². The third kappa shape index (κ3) is 4.44. The molecule has 1 aromatic rings. The molecule has 0 bridgehead atoms. The fourth-order valence-corrected chi connectivity index (χ4v) is 3.59. The summed E-state index contributed by atoms with van der Waals surface area (Å²) in [6.45, 7) is 1.18. The molecule has 114 valence electrons. The third-order valence-electron chi connectivity index (χ3n) is 3.56. The number of benzene rings is 1. The van der Waals surface area contributed by atoms with E-state index in [1.807, 2.05) is 18.2 Å². The van der Waals surface area contributed by atoms with Gasteiger partial charge in [-0.15, -0.1) is 0 Å². The number of likely N-dealkylation sites (tertiary alicyclic amines) is 1. The predicted octanol–water partition coefficient (Wildman–Crippen LogP) is 3.93. The van der Waals surface area contributed by atoms with Crippen molar-refractivity contribution in [1.82, 2.24) is 4.90 Å². The summed E-state index contributed by atoms with van der Waals surface area (Å²) in [7, 11) is 0. The van der Waals surface area contributed by atoms with E-state index < -0.39 is 5.97 Å². The summed E-state index contributed by atoms with van der Waals surface area (Å²) in [4.78, 5) is 24.7. The topological polar surface area (TPSA) is 69.6 Å². The van der Waals surface area contributed by atoms with Crippen LogP contribution in [0.15, 0.2) is 27.1 Å². The highest BCUT2D eigenvalue weighted by molar-refractivity contribution is 9.11. The van der Waals surface area contributed by atoms with Gasteiger partial charge in [0.15, 0.2) is 0 Å². The van der Waals surface area contributed by atoms with Crippen LogP contribution >= 0.6 is 31.9 Å². The summed E-state index contributed by atoms with van der Waals surface area (Å²) in [5, 5.41) is 11.7. The Morgan fingerprint density at radius 1 is 1.24 bits per heavy atom. The van der Waals surface area contributed by atoms with E-state index in [9.17, 15) is 9.59 Å². The molecule has 1 aliphatic heterocycles. The van der Waals surface area contributed by atoms with Gasteiger partial charge in [0.1, 0.15) is 0 Å². The van der Waals surface area contributed by atoms with Crippen molar-refractivity contribution in [2.45, 2.75) is 19.3 Å². The van der Waals surface area contributed by atoms with Gasteiger partial charge < -0.3 is 15.3 Å². The van der Waals surface area contributed by atoms with Crippen LogP contribution in [-0.2, 0) is 4.79 Å². The average molecular weight is 420 g/mol. The first-order valence-corrected chi connectivity index (χ1v) is 8.27. The molecule has 0 atom stereocenters. The molecular formula is C14H16Br2N2O3. The second-order valence-corrected chi connectivity index (χ2v) is 6.76. The van der Waals surface area contributed by atoms with E-state index in [0.29, 0.717) is 18.8 Å². The fourth-order valence-electron chi connectivity index (χ4n) is 2.39. The second kappa shape index (κ2) is 7.26. The number of para-hydroxylation sites is 1. The van der Waals surface area contributed by atoms with Gasteiger partial charge in [0.25, 0.3) is 0 Å². The first-order valence-electron chi connectivity index (χ1n) is 6.69. The number of hydrogen-bond acceptors (Lipinski definition) is 2. The summed E-state index contributed by atoms with van der Waals surface area (Å²) in [6.07, 6.45) is 1.65. The number of amides is 2. The van der Waals surface area contributed by atoms with Crippen molar-refractivity contribution >= 4 is 49.5 Å². The summed E-state index contributed by atoms with van der Waals surface area (Å²) >= 11 is 6.82. The Balaban J connectivity index is 1.92. The van der Waals surface area contributed by atoms with Crippen LogP contribution in [0.3, 0.4) is 0 Å². The molecule has 1 heterocycles. The quantitative estimate of drug-likeness (QED) is 0.779. The third-order valence-corrected chi connectivity index (χ3v) is 4.88. The molecule has 0 aromatic heterocycles. The minimum atomic E-state index is -0.768. The number of carbonyl (C=O) groups is 2. The van der Waals surface area contributed by atoms with E-state index in [2.05, 4.69) is 37.2 Å². The molecule has 1 aromatic carbocycles. The molecule has 2 rings (SSSR count). The minimum absolute atomic E-state index is 0.156. The molecule has 2 N–H and O–H groups in total. The first-order chi connectivity index (χ1) is 9.97. The second-order valence-electron chi connectivity index (χ2n) is 5.06. The lowest BCUT2D eigenvalue weighted by molar-refractivity contribution is -0.138. The number of nitrogens with zero attached hydrogens (tertiary/aromatic N) is 1. The van der Waals surface area contributed by atoms with Gasteiger partial charge in [-0.1, -0.05) is 6.07 Å². The molecule has 0 radical (unpaired) electrons. The molecule has 2 amide bonds. The van der Waals surface area contributed by atoms with E-state index >= 15 is 0 Å². The van der Waals surface area contributed by atoms with E-state index in [1.165, 1.54) is 0 Å². The molecule has 0 unspecified atom stereocenters. The zero-order valence-corrected chi connectivity index (χ0v) is 14.5. The average Bonchev–Trinajstić information content (AvgIpc) is 2.43. The van der Waals surface area contributed by atoms with Crippen molar-refractivity contribution in [3.8, 4) is 0 Å². The maximum atomic E-state index is 12.3. The van der Waals surface area contributed by atoms with Crippen LogP contribution in [0.25, 0.3) is 0 Å². The molecule has 0 spiro atoms. The summed E-state index contributed by atoms with van der Waals surface area (Å²) in [6, 6.07) is 5.44. The van der Waals surface area contributed by atoms with Crippen molar-refractivity contribution in [3.63, 3.8) is 0 Å². The van der Waals surface area contributed by atoms with Gasteiger partial charge in [0.05, 0.1) is 5.69 Å². The number of rotatable bonds is 3. The highest BCUT2D eigenvalue weighted by Crippen LogP contribution is 2.31. The van der Waals surface area contributed by atoms with Crippen LogP contribution in [0.5, 0.6) is 0 Å². The molecule has 21 heavy (non-hydrogen) atoms. The molecule has 0 aliphatic carbocycles. The van der Waals surface area contributed by atoms with Gasteiger partial charge in [-0.3, -0.25) is 4.79 Å². The van der Waals surface area contributed by atoms with Crippen molar-refractivity contribution in [2.75, 3.05) is 18.4 Å². The molecule has 5 nitrogen and oxygen atoms in total. The standard InChI is InChI=1S/C14H16Br2N2O3/c15-10-2-1-3-11(16)13(10)17-14(21)18-6-4-9(5-7-18)8-12(19)20/h1-3,9H,4-8H2,(H,17,21)(H,19,20). The monoisotopic (exact) mass is 418 g/mol. The van der Waals surface area contributed by atoms with Gasteiger partial charge in [0, 0.05) is 28.5 Å². The molecule has 1 fully saturated rings. The molecule has 1 aliphatic rings. The van der Waals surface area contributed by atoms with Gasteiger partial charge in [0.2, 0.25) is 0 Å². The molecule has 7 heteroatoms. The Kier molecular flexibility index (Phi) is 5.64. The number of aliphatic carboxylic acids is 1. The van der Waals surface area contributed by atoms with E-state index in [1.54, 1.807) is 4.90 Å². The van der Waals surface area contributed by atoms with E-state index in [0.717, 1.165) is 21.8 Å². The van der Waals surface area contributed by atoms with Gasteiger partial charge in [-0.05, 0) is 62.8 Å². The number of anilines is 1. The van der Waals surface area contributed by atoms with Crippen LogP contribution in [0.2, 0.25) is 0 Å². The maximum absolute atomic E-state index is 12.3. The van der Waals surface area contributed by atoms with Crippen molar-refractivity contribution in [3.05, 3.63) is 27.1 Å². The maximum Gasteiger partial charge on any atom is 0.321 e. The number of carbonyl (C=O) groups excluding carboxylic acids is 1. The van der Waals surface area contributed by atoms with Gasteiger partial charge in [-0.25, -0.2) is 4.79 Å². The lowest BCUT2D eigenvalue weighted by atomic mass is 9.94. The Morgan fingerprint density at radius 2 is 1.81 bits per heavy atom. The van der Waals surface area contributed by atoms with Crippen LogP contribution in [0.1, 0.15) is 19.3 Å². The SMILES string of the molecule is O=C(O)CC1CCN(C(=O)Nc2c(Br)cccc2Br)CC1. The lowest BCUT2D eigenvalue weighted by Crippen LogP contribution is -2.41. The van der Waals surface area contributed by atoms with E-state index in [4.69, 9.17) is 5.11 Å². The summed E-state index contributed by atoms with van der Waals surface area (Å²) in [5.41, 5.74) is 0.704. The number of nitrogens with one attached hydrogen (secondary N) is 1. The zero-order valence-electron chi connectivity index (χ0n) is 11.3. The largest absolute Gasteiger partial charge is 0.481 e. The highest BCUT2D eigenvalue weighted by Gasteiger charge is 2.24.